The first-order valence-corrected chi connectivity index (χ1v) is 11.2. The minimum absolute atomic E-state index is 0.208. The predicted molar refractivity (Wildman–Crippen MR) is 112 cm³/mol. The van der Waals surface area contributed by atoms with Crippen molar-refractivity contribution in [3.05, 3.63) is 66.5 Å². The first-order chi connectivity index (χ1) is 14.4. The van der Waals surface area contributed by atoms with Gasteiger partial charge in [-0.05, 0) is 25.5 Å². The summed E-state index contributed by atoms with van der Waals surface area (Å²) < 4.78 is 28.8. The predicted octanol–water partition coefficient (Wildman–Crippen LogP) is 2.40. The third-order valence-corrected chi connectivity index (χ3v) is 7.43. The molecule has 4 rings (SSSR count). The van der Waals surface area contributed by atoms with Gasteiger partial charge in [-0.1, -0.05) is 53.7 Å². The number of piperazine rings is 1. The van der Waals surface area contributed by atoms with Crippen molar-refractivity contribution in [2.24, 2.45) is 0 Å². The molecule has 2 heterocycles. The number of sulfonamides is 1. The largest absolute Gasteiger partial charge is 0.332 e. The second-order valence-electron chi connectivity index (χ2n) is 7.46. The maximum Gasteiger partial charge on any atom is 0.273 e. The van der Waals surface area contributed by atoms with E-state index in [0.29, 0.717) is 11.3 Å². The molecule has 0 saturated carbocycles. The Morgan fingerprint density at radius 3 is 2.40 bits per heavy atom. The van der Waals surface area contributed by atoms with Gasteiger partial charge in [0.1, 0.15) is 5.69 Å². The lowest BCUT2D eigenvalue weighted by molar-refractivity contribution is 0.0501. The number of nitrogens with one attached hydrogen (secondary N) is 1. The molecule has 2 aromatic carbocycles. The van der Waals surface area contributed by atoms with Crippen LogP contribution in [0.15, 0.2) is 65.7 Å². The molecular weight excluding hydrogens is 402 g/mol. The summed E-state index contributed by atoms with van der Waals surface area (Å²) in [6.45, 7) is 4.16. The Labute approximate surface area is 175 Å². The van der Waals surface area contributed by atoms with Crippen molar-refractivity contribution in [3.63, 3.8) is 0 Å². The summed E-state index contributed by atoms with van der Waals surface area (Å²) in [6.07, 6.45) is 1.37. The third kappa shape index (κ3) is 3.61. The van der Waals surface area contributed by atoms with Gasteiger partial charge < -0.3 is 4.90 Å². The zero-order chi connectivity index (χ0) is 21.3. The van der Waals surface area contributed by atoms with Crippen LogP contribution in [0.2, 0.25) is 0 Å². The molecule has 8 nitrogen and oxygen atoms in total. The molecule has 0 unspecified atom stereocenters. The lowest BCUT2D eigenvalue weighted by Crippen LogP contribution is -2.59. The highest BCUT2D eigenvalue weighted by Gasteiger charge is 2.40. The molecule has 9 heteroatoms. The summed E-state index contributed by atoms with van der Waals surface area (Å²) in [6, 6.07) is 15.8. The number of aromatic amines is 1. The van der Waals surface area contributed by atoms with E-state index in [2.05, 4.69) is 15.4 Å². The van der Waals surface area contributed by atoms with Gasteiger partial charge in [0.05, 0.1) is 11.1 Å². The molecule has 0 spiro atoms. The van der Waals surface area contributed by atoms with Crippen LogP contribution >= 0.6 is 0 Å². The average molecular weight is 426 g/mol. The van der Waals surface area contributed by atoms with Crippen LogP contribution < -0.4 is 0 Å². The fourth-order valence-electron chi connectivity index (χ4n) is 3.84. The second kappa shape index (κ2) is 8.00. The van der Waals surface area contributed by atoms with Gasteiger partial charge in [0, 0.05) is 30.7 Å². The van der Waals surface area contributed by atoms with Crippen molar-refractivity contribution >= 4 is 15.9 Å². The van der Waals surface area contributed by atoms with Crippen LogP contribution in [0.5, 0.6) is 0 Å². The molecule has 1 N–H and O–H groups in total. The lowest BCUT2D eigenvalue weighted by atomic mass is 10.1. The van der Waals surface area contributed by atoms with Gasteiger partial charge in [-0.25, -0.2) is 8.42 Å². The van der Waals surface area contributed by atoms with Crippen molar-refractivity contribution < 1.29 is 13.2 Å². The van der Waals surface area contributed by atoms with Crippen LogP contribution in [0.4, 0.5) is 0 Å². The number of H-pyrrole nitrogens is 1. The van der Waals surface area contributed by atoms with E-state index in [1.807, 2.05) is 56.3 Å². The van der Waals surface area contributed by atoms with Gasteiger partial charge >= 0.3 is 0 Å². The molecule has 3 aromatic rings. The van der Waals surface area contributed by atoms with E-state index in [1.165, 1.54) is 10.5 Å². The number of nitrogens with zero attached hydrogens (tertiary/aromatic N) is 4. The van der Waals surface area contributed by atoms with E-state index in [0.717, 1.165) is 5.56 Å². The maximum atomic E-state index is 13.6. The fourth-order valence-corrected chi connectivity index (χ4v) is 5.76. The quantitative estimate of drug-likeness (QED) is 0.692. The first-order valence-electron chi connectivity index (χ1n) is 9.73. The van der Waals surface area contributed by atoms with Crippen molar-refractivity contribution in [3.8, 4) is 11.1 Å². The Morgan fingerprint density at radius 1 is 1.00 bits per heavy atom. The number of hydrogen-bond donors (Lipinski definition) is 1. The topological polar surface area (TPSA) is 99.3 Å². The molecule has 0 radical (unpaired) electrons. The van der Waals surface area contributed by atoms with E-state index in [-0.39, 0.29) is 36.0 Å². The van der Waals surface area contributed by atoms with Gasteiger partial charge in [-0.3, -0.25) is 9.89 Å². The van der Waals surface area contributed by atoms with Gasteiger partial charge in [0.15, 0.2) is 0 Å². The second-order valence-corrected chi connectivity index (χ2v) is 9.32. The Hall–Kier alpha value is -3.04. The zero-order valence-corrected chi connectivity index (χ0v) is 17.6. The normalized spacial score (nSPS) is 20.3. The van der Waals surface area contributed by atoms with Crippen molar-refractivity contribution in [2.75, 3.05) is 13.1 Å². The number of benzene rings is 2. The van der Waals surface area contributed by atoms with Crippen LogP contribution in [0.3, 0.4) is 0 Å². The minimum atomic E-state index is -3.76. The maximum absolute atomic E-state index is 13.6. The molecule has 1 aliphatic heterocycles. The number of amides is 1. The molecule has 1 aromatic heterocycles. The Balaban J connectivity index is 1.65. The highest BCUT2D eigenvalue weighted by molar-refractivity contribution is 7.89. The molecule has 30 heavy (non-hydrogen) atoms. The van der Waals surface area contributed by atoms with E-state index in [4.69, 9.17) is 0 Å². The summed E-state index contributed by atoms with van der Waals surface area (Å²) >= 11 is 0. The lowest BCUT2D eigenvalue weighted by Gasteiger charge is -2.43. The zero-order valence-electron chi connectivity index (χ0n) is 16.8. The van der Waals surface area contributed by atoms with Gasteiger partial charge in [0.2, 0.25) is 10.0 Å². The first kappa shape index (κ1) is 20.2. The van der Waals surface area contributed by atoms with Crippen LogP contribution in [-0.2, 0) is 10.0 Å². The van der Waals surface area contributed by atoms with Crippen LogP contribution in [0.1, 0.15) is 24.3 Å². The minimum Gasteiger partial charge on any atom is -0.332 e. The van der Waals surface area contributed by atoms with Crippen molar-refractivity contribution in [1.29, 1.82) is 0 Å². The standard InChI is InChI=1S/C21H23N5O3S/c1-15-14-26(16(2)13-25(15)21(27)19-12-22-24-23-19)30(28,29)20-11-7-6-10-18(20)17-8-4-3-5-9-17/h3-12,15-16H,13-14H2,1-2H3,(H,22,23,24)/t15-,16+/m0/s1. The number of rotatable bonds is 4. The van der Waals surface area contributed by atoms with Crippen LogP contribution in [0.25, 0.3) is 11.1 Å². The molecule has 1 aliphatic rings. The summed E-state index contributed by atoms with van der Waals surface area (Å²) in [5.41, 5.74) is 1.80. The molecule has 1 fully saturated rings. The molecular formula is C21H23N5O3S. The third-order valence-electron chi connectivity index (χ3n) is 5.39. The van der Waals surface area contributed by atoms with Crippen molar-refractivity contribution in [2.45, 2.75) is 30.8 Å². The van der Waals surface area contributed by atoms with Gasteiger partial charge in [0.25, 0.3) is 5.91 Å². The van der Waals surface area contributed by atoms with Gasteiger partial charge in [-0.2, -0.15) is 4.31 Å². The van der Waals surface area contributed by atoms with Crippen LogP contribution in [-0.4, -0.2) is 64.1 Å². The van der Waals surface area contributed by atoms with Crippen LogP contribution in [0, 0.1) is 0 Å². The molecule has 1 amide bonds. The number of carbonyl (C=O) groups is 1. The summed E-state index contributed by atoms with van der Waals surface area (Å²) in [5.74, 6) is -0.235. The monoisotopic (exact) mass is 425 g/mol. The SMILES string of the molecule is C[C@@H]1CN(C(=O)c2cnn[nH]2)[C@@H](C)CN1S(=O)(=O)c1ccccc1-c1ccccc1. The van der Waals surface area contributed by atoms with Gasteiger partial charge in [-0.15, -0.1) is 5.10 Å². The Kier molecular flexibility index (Phi) is 5.40. The molecule has 0 bridgehead atoms. The average Bonchev–Trinajstić information content (AvgIpc) is 3.30. The van der Waals surface area contributed by atoms with Crippen molar-refractivity contribution in [1.82, 2.24) is 24.6 Å². The summed E-state index contributed by atoms with van der Waals surface area (Å²) in [4.78, 5) is 14.7. The van der Waals surface area contributed by atoms with E-state index >= 15 is 0 Å². The van der Waals surface area contributed by atoms with E-state index < -0.39 is 10.0 Å². The highest BCUT2D eigenvalue weighted by atomic mass is 32.2. The number of aromatic nitrogens is 3. The fraction of sp³-hybridized carbons (Fsp3) is 0.286. The smallest absolute Gasteiger partial charge is 0.273 e. The molecule has 1 saturated heterocycles. The molecule has 0 aliphatic carbocycles. The summed E-state index contributed by atoms with van der Waals surface area (Å²) in [7, 11) is -3.76. The molecule has 2 atom stereocenters. The Bertz CT molecular complexity index is 1130. The summed E-state index contributed by atoms with van der Waals surface area (Å²) in [5, 5.41) is 9.82. The van der Waals surface area contributed by atoms with E-state index in [9.17, 15) is 13.2 Å². The Morgan fingerprint density at radius 2 is 1.70 bits per heavy atom. The van der Waals surface area contributed by atoms with E-state index in [1.54, 1.807) is 17.0 Å². The number of hydrogen-bond acceptors (Lipinski definition) is 5. The highest BCUT2D eigenvalue weighted by Crippen LogP contribution is 2.32. The molecule has 156 valence electrons. The number of carbonyl (C=O) groups excluding carboxylic acids is 1.